The molecule has 0 spiro atoms. The van der Waals surface area contributed by atoms with Gasteiger partial charge in [-0.1, -0.05) is 6.07 Å². The standard InChI is InChI=1S/C13H14N4O2S/c18-12-5-1-3-8(14-12)13(19)15-11-7-9(16-17-11)10-4-2-6-20-10/h2,4,6-8H,1,3,5H2,(H,14,18)(H2,15,16,17,19). The number of carbonyl (C=O) groups is 2. The Balaban J connectivity index is 1.66. The molecular formula is C13H14N4O2S. The highest BCUT2D eigenvalue weighted by atomic mass is 32.1. The molecule has 1 saturated heterocycles. The average Bonchev–Trinajstić information content (AvgIpc) is 3.08. The van der Waals surface area contributed by atoms with Gasteiger partial charge >= 0.3 is 0 Å². The first-order chi connectivity index (χ1) is 9.72. The molecule has 3 heterocycles. The van der Waals surface area contributed by atoms with Crippen LogP contribution in [0.2, 0.25) is 0 Å². The van der Waals surface area contributed by atoms with E-state index in [0.29, 0.717) is 18.7 Å². The zero-order valence-electron chi connectivity index (χ0n) is 10.7. The van der Waals surface area contributed by atoms with E-state index in [1.807, 2.05) is 17.5 Å². The van der Waals surface area contributed by atoms with Gasteiger partial charge in [0.2, 0.25) is 11.8 Å². The molecule has 2 amide bonds. The summed E-state index contributed by atoms with van der Waals surface area (Å²) in [7, 11) is 0. The third kappa shape index (κ3) is 2.72. The van der Waals surface area contributed by atoms with Crippen LogP contribution < -0.4 is 10.6 Å². The van der Waals surface area contributed by atoms with Gasteiger partial charge in [0.1, 0.15) is 6.04 Å². The normalized spacial score (nSPS) is 18.6. The highest BCUT2D eigenvalue weighted by Crippen LogP contribution is 2.24. The van der Waals surface area contributed by atoms with E-state index in [1.165, 1.54) is 0 Å². The highest BCUT2D eigenvalue weighted by molar-refractivity contribution is 7.13. The van der Waals surface area contributed by atoms with Crippen molar-refractivity contribution in [2.24, 2.45) is 0 Å². The third-order valence-corrected chi connectivity index (χ3v) is 4.07. The molecule has 0 aromatic carbocycles. The summed E-state index contributed by atoms with van der Waals surface area (Å²) in [4.78, 5) is 24.4. The van der Waals surface area contributed by atoms with Gasteiger partial charge in [-0.05, 0) is 24.3 Å². The number of thiophene rings is 1. The van der Waals surface area contributed by atoms with Crippen LogP contribution in [0.3, 0.4) is 0 Å². The predicted molar refractivity (Wildman–Crippen MR) is 76.3 cm³/mol. The smallest absolute Gasteiger partial charge is 0.248 e. The van der Waals surface area contributed by atoms with Crippen LogP contribution in [0, 0.1) is 0 Å². The van der Waals surface area contributed by atoms with E-state index in [-0.39, 0.29) is 11.8 Å². The Morgan fingerprint density at radius 2 is 2.40 bits per heavy atom. The van der Waals surface area contributed by atoms with Gasteiger partial charge in [-0.2, -0.15) is 5.10 Å². The van der Waals surface area contributed by atoms with E-state index in [1.54, 1.807) is 17.4 Å². The monoisotopic (exact) mass is 290 g/mol. The van der Waals surface area contributed by atoms with Crippen LogP contribution >= 0.6 is 11.3 Å². The number of rotatable bonds is 3. The first-order valence-electron chi connectivity index (χ1n) is 6.42. The van der Waals surface area contributed by atoms with Crippen LogP contribution in [0.5, 0.6) is 0 Å². The summed E-state index contributed by atoms with van der Waals surface area (Å²) in [5.41, 5.74) is 0.864. The van der Waals surface area contributed by atoms with Gasteiger partial charge in [0.15, 0.2) is 5.82 Å². The molecule has 0 aliphatic carbocycles. The summed E-state index contributed by atoms with van der Waals surface area (Å²) in [5, 5.41) is 14.3. The minimum atomic E-state index is -0.460. The lowest BCUT2D eigenvalue weighted by Gasteiger charge is -2.21. The number of hydrogen-bond acceptors (Lipinski definition) is 4. The first-order valence-corrected chi connectivity index (χ1v) is 7.30. The summed E-state index contributed by atoms with van der Waals surface area (Å²) in [6.45, 7) is 0. The maximum Gasteiger partial charge on any atom is 0.248 e. The SMILES string of the molecule is O=C1CCCC(C(=O)Nc2cc(-c3cccs3)[nH]n2)N1. The molecule has 1 aliphatic rings. The lowest BCUT2D eigenvalue weighted by atomic mass is 10.0. The molecule has 3 rings (SSSR count). The Bertz CT molecular complexity index is 620. The lowest BCUT2D eigenvalue weighted by Crippen LogP contribution is -2.46. The maximum absolute atomic E-state index is 12.0. The molecule has 0 bridgehead atoms. The zero-order valence-corrected chi connectivity index (χ0v) is 11.5. The second-order valence-electron chi connectivity index (χ2n) is 4.65. The molecule has 7 heteroatoms. The van der Waals surface area contributed by atoms with Gasteiger partial charge in [0.05, 0.1) is 10.6 Å². The quantitative estimate of drug-likeness (QED) is 0.804. The third-order valence-electron chi connectivity index (χ3n) is 3.16. The Morgan fingerprint density at radius 3 is 3.15 bits per heavy atom. The van der Waals surface area contributed by atoms with E-state index in [9.17, 15) is 9.59 Å². The van der Waals surface area contributed by atoms with Gasteiger partial charge in [0, 0.05) is 12.5 Å². The van der Waals surface area contributed by atoms with E-state index < -0.39 is 6.04 Å². The van der Waals surface area contributed by atoms with Crippen molar-refractivity contribution >= 4 is 29.0 Å². The molecule has 1 atom stereocenters. The molecule has 0 radical (unpaired) electrons. The minimum Gasteiger partial charge on any atom is -0.344 e. The number of hydrogen-bond donors (Lipinski definition) is 3. The number of nitrogens with one attached hydrogen (secondary N) is 3. The number of H-pyrrole nitrogens is 1. The van der Waals surface area contributed by atoms with Gasteiger partial charge in [-0.15, -0.1) is 11.3 Å². The van der Waals surface area contributed by atoms with Crippen LogP contribution in [-0.2, 0) is 9.59 Å². The molecule has 2 aromatic rings. The summed E-state index contributed by atoms with van der Waals surface area (Å²) < 4.78 is 0. The van der Waals surface area contributed by atoms with Gasteiger partial charge in [-0.25, -0.2) is 0 Å². The topological polar surface area (TPSA) is 86.9 Å². The molecule has 1 fully saturated rings. The Kier molecular flexibility index (Phi) is 3.51. The minimum absolute atomic E-state index is 0.0716. The Morgan fingerprint density at radius 1 is 1.50 bits per heavy atom. The van der Waals surface area contributed by atoms with Crippen LogP contribution in [0.15, 0.2) is 23.6 Å². The van der Waals surface area contributed by atoms with Crippen molar-refractivity contribution in [2.75, 3.05) is 5.32 Å². The average molecular weight is 290 g/mol. The fourth-order valence-electron chi connectivity index (χ4n) is 2.16. The van der Waals surface area contributed by atoms with Gasteiger partial charge in [-0.3, -0.25) is 14.7 Å². The number of piperidine rings is 1. The van der Waals surface area contributed by atoms with Crippen LogP contribution in [0.4, 0.5) is 5.82 Å². The Hall–Kier alpha value is -2.15. The number of carbonyl (C=O) groups excluding carboxylic acids is 2. The summed E-state index contributed by atoms with van der Waals surface area (Å²) in [5.74, 6) is 0.179. The number of anilines is 1. The van der Waals surface area contributed by atoms with Gasteiger partial charge in [0.25, 0.3) is 0 Å². The molecule has 1 aliphatic heterocycles. The zero-order chi connectivity index (χ0) is 13.9. The summed E-state index contributed by atoms with van der Waals surface area (Å²) >= 11 is 1.60. The molecule has 104 valence electrons. The number of aromatic nitrogens is 2. The van der Waals surface area contributed by atoms with Crippen LogP contribution in [-0.4, -0.2) is 28.1 Å². The van der Waals surface area contributed by atoms with Crippen molar-refractivity contribution in [1.29, 1.82) is 0 Å². The van der Waals surface area contributed by atoms with Gasteiger partial charge < -0.3 is 10.6 Å². The number of amides is 2. The Labute approximate surface area is 119 Å². The molecule has 20 heavy (non-hydrogen) atoms. The van der Waals surface area contributed by atoms with E-state index in [2.05, 4.69) is 20.8 Å². The molecule has 2 aromatic heterocycles. The second-order valence-corrected chi connectivity index (χ2v) is 5.59. The fourth-order valence-corrected chi connectivity index (χ4v) is 2.85. The van der Waals surface area contributed by atoms with Crippen molar-refractivity contribution in [1.82, 2.24) is 15.5 Å². The van der Waals surface area contributed by atoms with Crippen molar-refractivity contribution in [3.63, 3.8) is 0 Å². The number of nitrogens with zero attached hydrogens (tertiary/aromatic N) is 1. The van der Waals surface area contributed by atoms with Crippen LogP contribution in [0.25, 0.3) is 10.6 Å². The van der Waals surface area contributed by atoms with E-state index >= 15 is 0 Å². The largest absolute Gasteiger partial charge is 0.344 e. The highest BCUT2D eigenvalue weighted by Gasteiger charge is 2.25. The molecular weight excluding hydrogens is 276 g/mol. The lowest BCUT2D eigenvalue weighted by molar-refractivity contribution is -0.128. The molecule has 0 saturated carbocycles. The molecule has 6 nitrogen and oxygen atoms in total. The van der Waals surface area contributed by atoms with Crippen LogP contribution in [0.1, 0.15) is 19.3 Å². The van der Waals surface area contributed by atoms with E-state index in [4.69, 9.17) is 0 Å². The van der Waals surface area contributed by atoms with Crippen molar-refractivity contribution in [3.8, 4) is 10.6 Å². The first kappa shape index (κ1) is 12.9. The number of aromatic amines is 1. The molecule has 3 N–H and O–H groups in total. The second kappa shape index (κ2) is 5.46. The summed E-state index contributed by atoms with van der Waals surface area (Å²) in [6.07, 6.45) is 1.90. The van der Waals surface area contributed by atoms with Crippen molar-refractivity contribution in [3.05, 3.63) is 23.6 Å². The van der Waals surface area contributed by atoms with Crippen molar-refractivity contribution < 1.29 is 9.59 Å². The maximum atomic E-state index is 12.0. The fraction of sp³-hybridized carbons (Fsp3) is 0.308. The predicted octanol–water partition coefficient (Wildman–Crippen LogP) is 1.75. The molecule has 1 unspecified atom stereocenters. The van der Waals surface area contributed by atoms with E-state index in [0.717, 1.165) is 17.0 Å². The summed E-state index contributed by atoms with van der Waals surface area (Å²) in [6, 6.07) is 5.26. The van der Waals surface area contributed by atoms with Crippen molar-refractivity contribution in [2.45, 2.75) is 25.3 Å².